The summed E-state index contributed by atoms with van der Waals surface area (Å²) >= 11 is 0. The van der Waals surface area contributed by atoms with Gasteiger partial charge in [-0.3, -0.25) is 9.48 Å². The van der Waals surface area contributed by atoms with E-state index < -0.39 is 10.0 Å². The average molecular weight is 379 g/mol. The van der Waals surface area contributed by atoms with E-state index in [1.165, 1.54) is 10.6 Å². The summed E-state index contributed by atoms with van der Waals surface area (Å²) in [5.74, 6) is -0.104. The smallest absolute Gasteiger partial charge is 0.243 e. The van der Waals surface area contributed by atoms with Gasteiger partial charge in [0.25, 0.3) is 0 Å². The van der Waals surface area contributed by atoms with Gasteiger partial charge >= 0.3 is 0 Å². The molecule has 0 saturated carbocycles. The largest absolute Gasteiger partial charge is 0.350 e. The van der Waals surface area contributed by atoms with Crippen molar-refractivity contribution in [2.45, 2.75) is 44.7 Å². The number of amides is 1. The fraction of sp³-hybridized carbons (Fsp3) is 0.471. The summed E-state index contributed by atoms with van der Waals surface area (Å²) in [5, 5.41) is 6.85. The van der Waals surface area contributed by atoms with E-state index in [1.807, 2.05) is 20.8 Å². The van der Waals surface area contributed by atoms with Crippen LogP contribution in [0.25, 0.3) is 0 Å². The van der Waals surface area contributed by atoms with Crippen molar-refractivity contribution in [2.75, 3.05) is 13.1 Å². The number of nitrogens with one attached hydrogen (secondary N) is 1. The van der Waals surface area contributed by atoms with Crippen molar-refractivity contribution in [3.05, 3.63) is 42.5 Å². The second-order valence-corrected chi connectivity index (χ2v) is 7.79. The second-order valence-electron chi connectivity index (χ2n) is 5.86. The van der Waals surface area contributed by atoms with Gasteiger partial charge in [-0.15, -0.1) is 0 Å². The van der Waals surface area contributed by atoms with Crippen molar-refractivity contribution < 1.29 is 13.2 Å². The fourth-order valence-electron chi connectivity index (χ4n) is 2.60. The van der Waals surface area contributed by atoms with Gasteiger partial charge in [0.05, 0.1) is 17.5 Å². The monoisotopic (exact) mass is 379 g/mol. The first kappa shape index (κ1) is 20.1. The highest BCUT2D eigenvalue weighted by molar-refractivity contribution is 7.89. The molecule has 1 atom stereocenters. The third-order valence-corrected chi connectivity index (χ3v) is 6.20. The molecule has 1 amide bonds. The zero-order valence-electron chi connectivity index (χ0n) is 15.3. The van der Waals surface area contributed by atoms with Crippen LogP contribution in [0.1, 0.15) is 38.8 Å². The molecule has 8 nitrogen and oxygen atoms in total. The minimum Gasteiger partial charge on any atom is -0.350 e. The van der Waals surface area contributed by atoms with Crippen LogP contribution >= 0.6 is 0 Å². The van der Waals surface area contributed by atoms with Crippen LogP contribution in [0, 0.1) is 0 Å². The number of hydrogen-bond donors (Lipinski definition) is 1. The van der Waals surface area contributed by atoms with Crippen molar-refractivity contribution in [3.8, 4) is 0 Å². The van der Waals surface area contributed by atoms with Crippen LogP contribution in [-0.2, 0) is 21.4 Å². The summed E-state index contributed by atoms with van der Waals surface area (Å²) in [6.45, 7) is 6.80. The molecular formula is C17H25N5O3S. The number of carbonyl (C=O) groups excluding carboxylic acids is 1. The van der Waals surface area contributed by atoms with Crippen molar-refractivity contribution in [2.24, 2.45) is 0 Å². The minimum absolute atomic E-state index is 0.104. The number of nitrogens with zero attached hydrogens (tertiary/aromatic N) is 4. The van der Waals surface area contributed by atoms with Crippen molar-refractivity contribution in [1.82, 2.24) is 24.4 Å². The highest BCUT2D eigenvalue weighted by Crippen LogP contribution is 2.19. The van der Waals surface area contributed by atoms with E-state index in [2.05, 4.69) is 15.4 Å². The quantitative estimate of drug-likeness (QED) is 0.713. The fourth-order valence-corrected chi connectivity index (χ4v) is 4.06. The first-order valence-electron chi connectivity index (χ1n) is 8.60. The zero-order chi connectivity index (χ0) is 19.2. The lowest BCUT2D eigenvalue weighted by Gasteiger charge is -2.19. The number of rotatable bonds is 9. The normalized spacial score (nSPS) is 12.9. The van der Waals surface area contributed by atoms with Crippen LogP contribution in [0.3, 0.4) is 0 Å². The molecule has 2 aromatic rings. The van der Waals surface area contributed by atoms with Gasteiger partial charge in [-0.25, -0.2) is 13.4 Å². The predicted octanol–water partition coefficient (Wildman–Crippen LogP) is 1.58. The molecule has 0 radical (unpaired) electrons. The molecular weight excluding hydrogens is 354 g/mol. The topological polar surface area (TPSA) is 97.2 Å². The molecule has 0 bridgehead atoms. The van der Waals surface area contributed by atoms with Crippen LogP contribution in [0.5, 0.6) is 0 Å². The molecule has 1 aromatic heterocycles. The van der Waals surface area contributed by atoms with E-state index >= 15 is 0 Å². The Kier molecular flexibility index (Phi) is 6.87. The van der Waals surface area contributed by atoms with Crippen LogP contribution in [-0.4, -0.2) is 46.5 Å². The average Bonchev–Trinajstić information content (AvgIpc) is 3.14. The molecule has 0 aliphatic heterocycles. The Morgan fingerprint density at radius 1 is 1.23 bits per heavy atom. The maximum Gasteiger partial charge on any atom is 0.243 e. The predicted molar refractivity (Wildman–Crippen MR) is 97.7 cm³/mol. The Morgan fingerprint density at radius 3 is 2.42 bits per heavy atom. The van der Waals surface area contributed by atoms with Crippen molar-refractivity contribution in [3.63, 3.8) is 0 Å². The molecule has 0 fully saturated rings. The van der Waals surface area contributed by atoms with Crippen LogP contribution in [0.4, 0.5) is 0 Å². The lowest BCUT2D eigenvalue weighted by atomic mass is 10.1. The summed E-state index contributed by atoms with van der Waals surface area (Å²) in [6.07, 6.45) is 3.28. The van der Waals surface area contributed by atoms with Crippen molar-refractivity contribution in [1.29, 1.82) is 0 Å². The van der Waals surface area contributed by atoms with Gasteiger partial charge in [-0.1, -0.05) is 26.0 Å². The molecule has 1 unspecified atom stereocenters. The third kappa shape index (κ3) is 4.89. The number of hydrogen-bond acceptors (Lipinski definition) is 5. The first-order chi connectivity index (χ1) is 12.4. The van der Waals surface area contributed by atoms with E-state index in [4.69, 9.17) is 0 Å². The van der Waals surface area contributed by atoms with Gasteiger partial charge in [0.1, 0.15) is 12.7 Å². The molecule has 1 N–H and O–H groups in total. The number of sulfonamides is 1. The third-order valence-electron chi connectivity index (χ3n) is 4.14. The summed E-state index contributed by atoms with van der Waals surface area (Å²) in [5.41, 5.74) is 0.845. The van der Waals surface area contributed by atoms with Crippen LogP contribution < -0.4 is 5.32 Å². The Labute approximate surface area is 154 Å². The van der Waals surface area contributed by atoms with Crippen molar-refractivity contribution >= 4 is 15.9 Å². The molecule has 1 aromatic carbocycles. The van der Waals surface area contributed by atoms with Gasteiger partial charge < -0.3 is 5.32 Å². The van der Waals surface area contributed by atoms with Gasteiger partial charge in [-0.2, -0.15) is 9.40 Å². The maximum absolute atomic E-state index is 12.5. The number of carbonyl (C=O) groups is 1. The lowest BCUT2D eigenvalue weighted by Crippen LogP contribution is -2.30. The summed E-state index contributed by atoms with van der Waals surface area (Å²) in [6, 6.07) is 6.42. The molecule has 26 heavy (non-hydrogen) atoms. The van der Waals surface area contributed by atoms with E-state index in [9.17, 15) is 13.2 Å². The SMILES string of the molecule is CCN(CC)S(=O)(=O)c1ccc(C(C)NC(=O)CCn2cncn2)cc1. The maximum atomic E-state index is 12.5. The lowest BCUT2D eigenvalue weighted by molar-refractivity contribution is -0.122. The first-order valence-corrected chi connectivity index (χ1v) is 10.0. The molecule has 0 spiro atoms. The molecule has 0 aliphatic rings. The molecule has 0 saturated heterocycles. The molecule has 0 aliphatic carbocycles. The number of benzene rings is 1. The van der Waals surface area contributed by atoms with E-state index in [1.54, 1.807) is 35.3 Å². The Balaban J connectivity index is 1.97. The Hall–Kier alpha value is -2.26. The Bertz CT molecular complexity index is 799. The molecule has 1 heterocycles. The Morgan fingerprint density at radius 2 is 1.88 bits per heavy atom. The second kappa shape index (κ2) is 8.91. The summed E-state index contributed by atoms with van der Waals surface area (Å²) < 4.78 is 28.0. The van der Waals surface area contributed by atoms with Gasteiger partial charge in [0, 0.05) is 19.5 Å². The standard InChI is InChI=1S/C17H25N5O3S/c1-4-22(5-2)26(24,25)16-8-6-15(7-9-16)14(3)20-17(23)10-11-21-13-18-12-19-21/h6-9,12-14H,4-5,10-11H2,1-3H3,(H,20,23). The van der Waals surface area contributed by atoms with Gasteiger partial charge in [0.2, 0.25) is 15.9 Å². The zero-order valence-corrected chi connectivity index (χ0v) is 16.1. The molecule has 142 valence electrons. The van der Waals surface area contributed by atoms with E-state index in [0.29, 0.717) is 26.1 Å². The molecule has 9 heteroatoms. The number of aryl methyl sites for hydroxylation is 1. The van der Waals surface area contributed by atoms with Gasteiger partial charge in [-0.05, 0) is 24.6 Å². The summed E-state index contributed by atoms with van der Waals surface area (Å²) in [7, 11) is -3.47. The van der Waals surface area contributed by atoms with Gasteiger partial charge in [0.15, 0.2) is 0 Å². The van der Waals surface area contributed by atoms with E-state index in [-0.39, 0.29) is 16.8 Å². The van der Waals surface area contributed by atoms with Crippen LogP contribution in [0.15, 0.2) is 41.8 Å². The highest BCUT2D eigenvalue weighted by atomic mass is 32.2. The highest BCUT2D eigenvalue weighted by Gasteiger charge is 2.21. The van der Waals surface area contributed by atoms with Crippen LogP contribution in [0.2, 0.25) is 0 Å². The van der Waals surface area contributed by atoms with E-state index in [0.717, 1.165) is 5.56 Å². The molecule has 2 rings (SSSR count). The summed E-state index contributed by atoms with van der Waals surface area (Å²) in [4.78, 5) is 16.1. The minimum atomic E-state index is -3.47. The number of aromatic nitrogens is 3.